The van der Waals surface area contributed by atoms with E-state index in [1.165, 1.54) is 4.68 Å². The van der Waals surface area contributed by atoms with Crippen LogP contribution in [0, 0.1) is 0 Å². The van der Waals surface area contributed by atoms with Crippen LogP contribution in [0.5, 0.6) is 11.5 Å². The molecule has 7 heteroatoms. The number of aromatic nitrogens is 2. The third-order valence-corrected chi connectivity index (χ3v) is 5.88. The summed E-state index contributed by atoms with van der Waals surface area (Å²) in [5, 5.41) is 5.08. The molecule has 34 heavy (non-hydrogen) atoms. The van der Waals surface area contributed by atoms with Crippen molar-refractivity contribution in [3.8, 4) is 11.5 Å². The molecule has 0 aliphatic carbocycles. The Labute approximate surface area is 209 Å². The van der Waals surface area contributed by atoms with Gasteiger partial charge in [0.15, 0.2) is 11.5 Å². The number of benzene rings is 2. The third kappa shape index (κ3) is 5.95. The maximum Gasteiger partial charge on any atom is 0.282 e. The lowest BCUT2D eigenvalue weighted by Gasteiger charge is -2.20. The van der Waals surface area contributed by atoms with E-state index in [0.29, 0.717) is 41.9 Å². The average molecular weight is 526 g/mol. The van der Waals surface area contributed by atoms with Gasteiger partial charge in [-0.05, 0) is 69.0 Å². The number of halogens is 1. The van der Waals surface area contributed by atoms with Crippen molar-refractivity contribution in [2.45, 2.75) is 59.5 Å². The molecule has 6 nitrogen and oxygen atoms in total. The van der Waals surface area contributed by atoms with Gasteiger partial charge in [0.25, 0.3) is 5.56 Å². The second-order valence-corrected chi connectivity index (χ2v) is 8.99. The molecule has 1 heterocycles. The Bertz CT molecular complexity index is 1250. The Morgan fingerprint density at radius 3 is 2.71 bits per heavy atom. The molecule has 1 aromatic heterocycles. The highest BCUT2D eigenvalue weighted by atomic mass is 79.9. The number of ether oxygens (including phenoxy) is 2. The van der Waals surface area contributed by atoms with Crippen LogP contribution in [0.4, 0.5) is 0 Å². The van der Waals surface area contributed by atoms with Crippen LogP contribution < -0.4 is 15.0 Å². The van der Waals surface area contributed by atoms with Crippen LogP contribution in [0.25, 0.3) is 10.9 Å². The molecule has 0 radical (unpaired) electrons. The molecule has 0 bridgehead atoms. The van der Waals surface area contributed by atoms with Gasteiger partial charge in [-0.25, -0.2) is 4.98 Å². The molecule has 2 aromatic carbocycles. The van der Waals surface area contributed by atoms with E-state index < -0.39 is 0 Å². The molecule has 0 unspecified atom stereocenters. The van der Waals surface area contributed by atoms with Crippen molar-refractivity contribution in [1.82, 2.24) is 9.66 Å². The van der Waals surface area contributed by atoms with Gasteiger partial charge < -0.3 is 9.47 Å². The first-order valence-electron chi connectivity index (χ1n) is 11.7. The van der Waals surface area contributed by atoms with E-state index in [2.05, 4.69) is 41.5 Å². The fourth-order valence-corrected chi connectivity index (χ4v) is 3.93. The highest BCUT2D eigenvalue weighted by molar-refractivity contribution is 9.10. The summed E-state index contributed by atoms with van der Waals surface area (Å²) in [5.74, 6) is 2.02. The molecule has 0 N–H and O–H groups in total. The quantitative estimate of drug-likeness (QED) is 0.217. The molecular weight excluding hydrogens is 494 g/mol. The minimum atomic E-state index is -0.195. The Morgan fingerprint density at radius 1 is 1.24 bits per heavy atom. The van der Waals surface area contributed by atoms with Gasteiger partial charge in [-0.3, -0.25) is 4.79 Å². The standard InChI is InChI=1S/C27H32BrN3O3/c1-6-10-20-14-19(15-24(33-9-4)26(20)34-18(5)8-3)17-29-31-25(11-7-2)30-23-13-12-21(28)16-22(23)27(31)32/h6,12-18H,1,7-11H2,2-5H3/t18-/m0/s1. The number of fused-ring (bicyclic) bond motifs is 1. The van der Waals surface area contributed by atoms with E-state index >= 15 is 0 Å². The molecule has 0 aliphatic rings. The van der Waals surface area contributed by atoms with Crippen molar-refractivity contribution < 1.29 is 9.47 Å². The lowest BCUT2D eigenvalue weighted by Crippen LogP contribution is -2.22. The summed E-state index contributed by atoms with van der Waals surface area (Å²) in [6.07, 6.45) is 6.57. The first-order chi connectivity index (χ1) is 16.4. The second-order valence-electron chi connectivity index (χ2n) is 8.07. The van der Waals surface area contributed by atoms with E-state index in [4.69, 9.17) is 14.5 Å². The normalized spacial score (nSPS) is 12.3. The van der Waals surface area contributed by atoms with Crippen molar-refractivity contribution in [1.29, 1.82) is 0 Å². The summed E-state index contributed by atoms with van der Waals surface area (Å²) in [7, 11) is 0. The second kappa shape index (κ2) is 12.0. The molecule has 0 saturated heterocycles. The van der Waals surface area contributed by atoms with Crippen molar-refractivity contribution in [3.05, 3.63) is 74.8 Å². The first kappa shape index (κ1) is 25.7. The van der Waals surface area contributed by atoms with E-state index in [1.54, 1.807) is 12.3 Å². The lowest BCUT2D eigenvalue weighted by molar-refractivity contribution is 0.201. The molecule has 0 fully saturated rings. The highest BCUT2D eigenvalue weighted by Gasteiger charge is 2.16. The topological polar surface area (TPSA) is 65.7 Å². The average Bonchev–Trinajstić information content (AvgIpc) is 2.81. The number of hydrogen-bond donors (Lipinski definition) is 0. The fraction of sp³-hybridized carbons (Fsp3) is 0.370. The number of hydrogen-bond acceptors (Lipinski definition) is 5. The molecule has 3 rings (SSSR count). The van der Waals surface area contributed by atoms with E-state index in [9.17, 15) is 4.79 Å². The zero-order chi connectivity index (χ0) is 24.7. The van der Waals surface area contributed by atoms with Gasteiger partial charge in [0.05, 0.1) is 29.8 Å². The summed E-state index contributed by atoms with van der Waals surface area (Å²) in [5.41, 5.74) is 2.24. The van der Waals surface area contributed by atoms with Crippen LogP contribution in [-0.4, -0.2) is 28.6 Å². The van der Waals surface area contributed by atoms with E-state index in [1.807, 2.05) is 44.2 Å². The predicted octanol–water partition coefficient (Wildman–Crippen LogP) is 6.30. The van der Waals surface area contributed by atoms with E-state index in [0.717, 1.165) is 34.2 Å². The monoisotopic (exact) mass is 525 g/mol. The Morgan fingerprint density at radius 2 is 2.03 bits per heavy atom. The van der Waals surface area contributed by atoms with Gasteiger partial charge in [0.2, 0.25) is 0 Å². The molecule has 0 saturated carbocycles. The number of allylic oxidation sites excluding steroid dienone is 1. The minimum Gasteiger partial charge on any atom is -0.490 e. The molecule has 3 aromatic rings. The minimum absolute atomic E-state index is 0.0560. The fourth-order valence-electron chi connectivity index (χ4n) is 3.57. The van der Waals surface area contributed by atoms with Crippen molar-refractivity contribution in [3.63, 3.8) is 0 Å². The summed E-state index contributed by atoms with van der Waals surface area (Å²) >= 11 is 3.44. The Balaban J connectivity index is 2.12. The number of rotatable bonds is 11. The third-order valence-electron chi connectivity index (χ3n) is 5.38. The maximum absolute atomic E-state index is 13.3. The van der Waals surface area contributed by atoms with Crippen LogP contribution >= 0.6 is 15.9 Å². The van der Waals surface area contributed by atoms with Crippen molar-refractivity contribution in [2.24, 2.45) is 5.10 Å². The Kier molecular flexibility index (Phi) is 9.05. The lowest BCUT2D eigenvalue weighted by atomic mass is 10.1. The van der Waals surface area contributed by atoms with Gasteiger partial charge in [0.1, 0.15) is 5.82 Å². The smallest absolute Gasteiger partial charge is 0.282 e. The van der Waals surface area contributed by atoms with Crippen LogP contribution in [0.3, 0.4) is 0 Å². The molecular formula is C27H32BrN3O3. The van der Waals surface area contributed by atoms with E-state index in [-0.39, 0.29) is 11.7 Å². The summed E-state index contributed by atoms with van der Waals surface area (Å²) in [6, 6.07) is 9.41. The summed E-state index contributed by atoms with van der Waals surface area (Å²) in [6.45, 7) is 12.5. The molecule has 0 amide bonds. The molecule has 180 valence electrons. The van der Waals surface area contributed by atoms with Gasteiger partial charge in [-0.15, -0.1) is 6.58 Å². The van der Waals surface area contributed by atoms with Crippen LogP contribution in [0.2, 0.25) is 0 Å². The predicted molar refractivity (Wildman–Crippen MR) is 143 cm³/mol. The van der Waals surface area contributed by atoms with Crippen LogP contribution in [0.15, 0.2) is 57.4 Å². The summed E-state index contributed by atoms with van der Waals surface area (Å²) < 4.78 is 14.3. The number of aryl methyl sites for hydroxylation is 1. The van der Waals surface area contributed by atoms with Crippen molar-refractivity contribution >= 4 is 33.0 Å². The molecule has 1 atom stereocenters. The first-order valence-corrected chi connectivity index (χ1v) is 12.5. The van der Waals surface area contributed by atoms with Gasteiger partial charge in [-0.2, -0.15) is 9.78 Å². The number of nitrogens with zero attached hydrogens (tertiary/aromatic N) is 3. The van der Waals surface area contributed by atoms with Crippen LogP contribution in [-0.2, 0) is 12.8 Å². The van der Waals surface area contributed by atoms with Gasteiger partial charge in [-0.1, -0.05) is 35.9 Å². The largest absolute Gasteiger partial charge is 0.490 e. The van der Waals surface area contributed by atoms with Gasteiger partial charge >= 0.3 is 0 Å². The SMILES string of the molecule is C=CCc1cc(C=Nn2c(CCC)nc3ccc(Br)cc3c2=O)cc(OCC)c1O[C@@H](C)CC. The zero-order valence-corrected chi connectivity index (χ0v) is 21.9. The Hall–Kier alpha value is -2.93. The zero-order valence-electron chi connectivity index (χ0n) is 20.3. The summed E-state index contributed by atoms with van der Waals surface area (Å²) in [4.78, 5) is 18.0. The van der Waals surface area contributed by atoms with Gasteiger partial charge in [0, 0.05) is 16.5 Å². The molecule has 0 aliphatic heterocycles. The molecule has 0 spiro atoms. The maximum atomic E-state index is 13.3. The highest BCUT2D eigenvalue weighted by Crippen LogP contribution is 2.34. The van der Waals surface area contributed by atoms with Crippen LogP contribution in [0.1, 0.15) is 57.5 Å². The van der Waals surface area contributed by atoms with Crippen molar-refractivity contribution in [2.75, 3.05) is 6.61 Å².